The molecule has 76 valence electrons. The monoisotopic (exact) mass is 201 g/mol. The van der Waals surface area contributed by atoms with Crippen molar-refractivity contribution in [3.8, 4) is 0 Å². The normalized spacial score (nSPS) is 27.9. The smallest absolute Gasteiger partial charge is 0.225 e. The largest absolute Gasteiger partial charge is 0.292 e. The van der Waals surface area contributed by atoms with Gasteiger partial charge in [0.25, 0.3) is 0 Å². The number of hydrogen-bond donors (Lipinski definition) is 0. The predicted molar refractivity (Wildman–Crippen MR) is 56.1 cm³/mol. The summed E-state index contributed by atoms with van der Waals surface area (Å²) in [5.74, 6) is -0.143. The summed E-state index contributed by atoms with van der Waals surface area (Å²) in [7, 11) is 0. The standard InChI is InChI=1S/C11H11N3O/c1-11(10(15)13-14-12)7-9(11)8-5-3-2-4-6-8/h2-6,9H,7H2,1H3/t9-,11+/m0/s1. The Labute approximate surface area is 87.5 Å². The molecule has 1 aliphatic rings. The van der Waals surface area contributed by atoms with Gasteiger partial charge in [0.15, 0.2) is 0 Å². The Hall–Kier alpha value is -1.80. The fraction of sp³-hybridized carbons (Fsp3) is 0.364. The Morgan fingerprint density at radius 2 is 2.20 bits per heavy atom. The summed E-state index contributed by atoms with van der Waals surface area (Å²) in [5, 5.41) is 3.18. The van der Waals surface area contributed by atoms with Gasteiger partial charge in [-0.2, -0.15) is 0 Å². The first-order valence-electron chi connectivity index (χ1n) is 4.83. The molecule has 2 rings (SSSR count). The Bertz CT molecular complexity index is 436. The molecule has 2 atom stereocenters. The zero-order valence-corrected chi connectivity index (χ0v) is 8.42. The van der Waals surface area contributed by atoms with Gasteiger partial charge in [0.05, 0.1) is 0 Å². The molecule has 1 aromatic carbocycles. The minimum atomic E-state index is -0.479. The molecule has 0 bridgehead atoms. The van der Waals surface area contributed by atoms with Gasteiger partial charge < -0.3 is 0 Å². The van der Waals surface area contributed by atoms with Crippen molar-refractivity contribution < 1.29 is 4.79 Å². The van der Waals surface area contributed by atoms with Gasteiger partial charge in [0, 0.05) is 10.3 Å². The highest BCUT2D eigenvalue weighted by Crippen LogP contribution is 2.59. The fourth-order valence-electron chi connectivity index (χ4n) is 1.93. The van der Waals surface area contributed by atoms with Gasteiger partial charge in [-0.15, -0.1) is 0 Å². The lowest BCUT2D eigenvalue weighted by Gasteiger charge is -2.05. The summed E-state index contributed by atoms with van der Waals surface area (Å²) in [5.41, 5.74) is 8.88. The van der Waals surface area contributed by atoms with E-state index < -0.39 is 5.41 Å². The summed E-state index contributed by atoms with van der Waals surface area (Å²) < 4.78 is 0. The molecule has 15 heavy (non-hydrogen) atoms. The van der Waals surface area contributed by atoms with Gasteiger partial charge in [0.1, 0.15) is 0 Å². The first-order chi connectivity index (χ1) is 7.18. The van der Waals surface area contributed by atoms with E-state index in [0.717, 1.165) is 12.0 Å². The van der Waals surface area contributed by atoms with Crippen molar-refractivity contribution >= 4 is 5.91 Å². The molecule has 0 heterocycles. The number of nitrogens with zero attached hydrogens (tertiary/aromatic N) is 3. The first-order valence-corrected chi connectivity index (χ1v) is 4.83. The van der Waals surface area contributed by atoms with Crippen molar-refractivity contribution in [1.29, 1.82) is 0 Å². The van der Waals surface area contributed by atoms with Crippen molar-refractivity contribution in [2.75, 3.05) is 0 Å². The van der Waals surface area contributed by atoms with E-state index >= 15 is 0 Å². The third kappa shape index (κ3) is 1.60. The van der Waals surface area contributed by atoms with E-state index in [0.29, 0.717) is 0 Å². The molecular weight excluding hydrogens is 190 g/mol. The van der Waals surface area contributed by atoms with Crippen molar-refractivity contribution in [2.24, 2.45) is 10.5 Å². The van der Waals surface area contributed by atoms with Gasteiger partial charge in [-0.1, -0.05) is 37.3 Å². The molecule has 1 fully saturated rings. The van der Waals surface area contributed by atoms with Gasteiger partial charge >= 0.3 is 0 Å². The maximum absolute atomic E-state index is 11.5. The maximum atomic E-state index is 11.5. The second kappa shape index (κ2) is 3.41. The molecule has 1 aliphatic carbocycles. The molecule has 0 radical (unpaired) electrons. The summed E-state index contributed by atoms with van der Waals surface area (Å²) in [6.45, 7) is 1.85. The minimum Gasteiger partial charge on any atom is -0.292 e. The molecule has 1 saturated carbocycles. The van der Waals surface area contributed by atoms with Crippen molar-refractivity contribution in [3.05, 3.63) is 46.3 Å². The van der Waals surface area contributed by atoms with Crippen LogP contribution in [-0.2, 0) is 4.79 Å². The lowest BCUT2D eigenvalue weighted by Crippen LogP contribution is -2.10. The molecule has 0 aliphatic heterocycles. The molecule has 4 nitrogen and oxygen atoms in total. The second-order valence-electron chi connectivity index (χ2n) is 4.08. The van der Waals surface area contributed by atoms with E-state index in [-0.39, 0.29) is 11.8 Å². The molecule has 0 spiro atoms. The van der Waals surface area contributed by atoms with Crippen LogP contribution in [0.1, 0.15) is 24.8 Å². The number of azide groups is 1. The molecule has 4 heteroatoms. The van der Waals surface area contributed by atoms with Crippen LogP contribution in [0.25, 0.3) is 10.4 Å². The molecule has 0 N–H and O–H groups in total. The second-order valence-corrected chi connectivity index (χ2v) is 4.08. The Morgan fingerprint density at radius 1 is 1.53 bits per heavy atom. The van der Waals surface area contributed by atoms with Crippen LogP contribution >= 0.6 is 0 Å². The topological polar surface area (TPSA) is 65.8 Å². The average molecular weight is 201 g/mol. The van der Waals surface area contributed by atoms with Crippen molar-refractivity contribution in [3.63, 3.8) is 0 Å². The lowest BCUT2D eigenvalue weighted by atomic mass is 10.0. The number of amides is 1. The van der Waals surface area contributed by atoms with Crippen LogP contribution < -0.4 is 0 Å². The molecule has 0 unspecified atom stereocenters. The van der Waals surface area contributed by atoms with Crippen LogP contribution in [0.2, 0.25) is 0 Å². The van der Waals surface area contributed by atoms with E-state index in [1.54, 1.807) is 0 Å². The first kappa shape index (κ1) is 9.74. The van der Waals surface area contributed by atoms with Crippen molar-refractivity contribution in [2.45, 2.75) is 19.3 Å². The summed E-state index contributed by atoms with van der Waals surface area (Å²) in [6.07, 6.45) is 0.773. The highest BCUT2D eigenvalue weighted by Gasteiger charge is 2.55. The quantitative estimate of drug-likeness (QED) is 0.412. The lowest BCUT2D eigenvalue weighted by molar-refractivity contribution is -0.122. The highest BCUT2D eigenvalue weighted by atomic mass is 16.2. The summed E-state index contributed by atoms with van der Waals surface area (Å²) in [4.78, 5) is 14.0. The summed E-state index contributed by atoms with van der Waals surface area (Å²) in [6, 6.07) is 9.84. The highest BCUT2D eigenvalue weighted by molar-refractivity contribution is 5.87. The van der Waals surface area contributed by atoms with Crippen LogP contribution in [0.4, 0.5) is 0 Å². The number of rotatable bonds is 2. The molecule has 1 aromatic rings. The van der Waals surface area contributed by atoms with Crippen molar-refractivity contribution in [1.82, 2.24) is 0 Å². The van der Waals surface area contributed by atoms with Crippen LogP contribution in [0, 0.1) is 5.41 Å². The maximum Gasteiger partial charge on any atom is 0.225 e. The molecule has 0 saturated heterocycles. The number of carbonyl (C=O) groups excluding carboxylic acids is 1. The zero-order chi connectivity index (χ0) is 10.9. The summed E-state index contributed by atoms with van der Waals surface area (Å²) >= 11 is 0. The molecule has 1 amide bonds. The van der Waals surface area contributed by atoms with E-state index in [4.69, 9.17) is 5.53 Å². The van der Waals surface area contributed by atoms with Gasteiger partial charge in [-0.25, -0.2) is 0 Å². The molecule has 0 aromatic heterocycles. The van der Waals surface area contributed by atoms with Gasteiger partial charge in [-0.3, -0.25) is 4.79 Å². The third-order valence-corrected chi connectivity index (χ3v) is 3.06. The van der Waals surface area contributed by atoms with E-state index in [1.807, 2.05) is 37.3 Å². The Morgan fingerprint density at radius 3 is 2.80 bits per heavy atom. The zero-order valence-electron chi connectivity index (χ0n) is 8.42. The van der Waals surface area contributed by atoms with E-state index in [2.05, 4.69) is 10.0 Å². The Balaban J connectivity index is 2.19. The van der Waals surface area contributed by atoms with E-state index in [9.17, 15) is 4.79 Å². The number of hydrogen-bond acceptors (Lipinski definition) is 1. The SMILES string of the molecule is C[C@@]1(C(=O)N=[N+]=[N-])C[C@H]1c1ccccc1. The predicted octanol–water partition coefficient (Wildman–Crippen LogP) is 3.02. The van der Waals surface area contributed by atoms with Crippen LogP contribution in [0.15, 0.2) is 35.4 Å². The Kier molecular flexibility index (Phi) is 2.21. The minimum absolute atomic E-state index is 0.205. The van der Waals surface area contributed by atoms with Crippen LogP contribution in [-0.4, -0.2) is 5.91 Å². The number of carbonyl (C=O) groups is 1. The van der Waals surface area contributed by atoms with Gasteiger partial charge in [0.2, 0.25) is 5.91 Å². The van der Waals surface area contributed by atoms with E-state index in [1.165, 1.54) is 0 Å². The molecular formula is C11H11N3O. The number of benzene rings is 1. The van der Waals surface area contributed by atoms with Crippen LogP contribution in [0.5, 0.6) is 0 Å². The van der Waals surface area contributed by atoms with Crippen LogP contribution in [0.3, 0.4) is 0 Å². The average Bonchev–Trinajstić information content (AvgIpc) is 2.94. The fourth-order valence-corrected chi connectivity index (χ4v) is 1.93. The third-order valence-electron chi connectivity index (χ3n) is 3.06. The van der Waals surface area contributed by atoms with Gasteiger partial charge in [-0.05, 0) is 28.5 Å².